The Bertz CT molecular complexity index is 1160. The number of imidazole rings is 1. The highest BCUT2D eigenvalue weighted by Crippen LogP contribution is 2.33. The third kappa shape index (κ3) is 3.52. The first-order chi connectivity index (χ1) is 15.0. The highest BCUT2D eigenvalue weighted by atomic mass is 19.1. The van der Waals surface area contributed by atoms with Crippen molar-refractivity contribution in [2.45, 2.75) is 31.5 Å². The summed E-state index contributed by atoms with van der Waals surface area (Å²) in [7, 11) is 0. The molecule has 3 aromatic rings. The maximum atomic E-state index is 14.6. The largest absolute Gasteiger partial charge is 0.375 e. The van der Waals surface area contributed by atoms with E-state index in [9.17, 15) is 8.78 Å². The third-order valence-electron chi connectivity index (χ3n) is 6.10. The van der Waals surface area contributed by atoms with Crippen molar-refractivity contribution in [3.05, 3.63) is 53.4 Å². The summed E-state index contributed by atoms with van der Waals surface area (Å²) in [6.07, 6.45) is 2.47. The maximum Gasteiger partial charge on any atom is 0.207 e. The minimum Gasteiger partial charge on any atom is -0.375 e. The summed E-state index contributed by atoms with van der Waals surface area (Å²) >= 11 is 0. The van der Waals surface area contributed by atoms with Crippen LogP contribution in [0.4, 0.5) is 14.7 Å². The first-order valence-electron chi connectivity index (χ1n) is 10.4. The number of nitrogens with one attached hydrogen (secondary N) is 1. The van der Waals surface area contributed by atoms with Gasteiger partial charge in [-0.15, -0.1) is 0 Å². The SMILES string of the molecule is C[C@H](c1ccc(C#N)cn1)n1c(N2CC[C@@H]3OCCN[C@H]3C2)nc2c(F)cc(F)cc21. The van der Waals surface area contributed by atoms with E-state index in [1.165, 1.54) is 12.3 Å². The lowest BCUT2D eigenvalue weighted by Gasteiger charge is -2.42. The summed E-state index contributed by atoms with van der Waals surface area (Å²) < 4.78 is 36.5. The number of rotatable bonds is 3. The molecule has 1 aromatic carbocycles. The Kier molecular flexibility index (Phi) is 5.04. The molecule has 1 N–H and O–H groups in total. The second-order valence-corrected chi connectivity index (χ2v) is 8.00. The van der Waals surface area contributed by atoms with Crippen molar-refractivity contribution < 1.29 is 13.5 Å². The van der Waals surface area contributed by atoms with E-state index in [0.29, 0.717) is 42.4 Å². The number of benzene rings is 1. The van der Waals surface area contributed by atoms with Crippen LogP contribution in [-0.4, -0.2) is 52.9 Å². The molecule has 0 unspecified atom stereocenters. The number of fused-ring (bicyclic) bond motifs is 2. The number of aromatic nitrogens is 3. The predicted octanol–water partition coefficient (Wildman–Crippen LogP) is 2.76. The normalized spacial score (nSPS) is 22.2. The van der Waals surface area contributed by atoms with Crippen molar-refractivity contribution in [2.75, 3.05) is 31.1 Å². The van der Waals surface area contributed by atoms with E-state index in [1.54, 1.807) is 12.1 Å². The van der Waals surface area contributed by atoms with Gasteiger partial charge < -0.3 is 19.5 Å². The Morgan fingerprint density at radius 1 is 1.32 bits per heavy atom. The van der Waals surface area contributed by atoms with Gasteiger partial charge in [0.25, 0.3) is 0 Å². The van der Waals surface area contributed by atoms with Crippen LogP contribution in [0.15, 0.2) is 30.5 Å². The number of halogens is 2. The van der Waals surface area contributed by atoms with Crippen molar-refractivity contribution in [1.82, 2.24) is 19.9 Å². The zero-order valence-corrected chi connectivity index (χ0v) is 17.1. The number of hydrogen-bond acceptors (Lipinski definition) is 6. The standard InChI is InChI=1S/C22H22F2N6O/c1-13(17-3-2-14(10-25)11-27-17)30-19-9-15(23)8-16(24)21(19)28-22(30)29-6-4-20-18(12-29)26-5-7-31-20/h2-3,8-9,11,13,18,20,26H,4-7,12H2,1H3/t13-,18+,20+/m1/s1. The number of anilines is 1. The van der Waals surface area contributed by atoms with E-state index in [0.717, 1.165) is 19.0 Å². The van der Waals surface area contributed by atoms with Crippen molar-refractivity contribution in [3.63, 3.8) is 0 Å². The highest BCUT2D eigenvalue weighted by Gasteiger charge is 2.35. The molecule has 0 radical (unpaired) electrons. The first-order valence-corrected chi connectivity index (χ1v) is 10.4. The van der Waals surface area contributed by atoms with Crippen LogP contribution in [0.5, 0.6) is 0 Å². The van der Waals surface area contributed by atoms with Crippen LogP contribution in [0.2, 0.25) is 0 Å². The van der Waals surface area contributed by atoms with Gasteiger partial charge >= 0.3 is 0 Å². The molecule has 5 rings (SSSR count). The van der Waals surface area contributed by atoms with Crippen LogP contribution in [0.3, 0.4) is 0 Å². The van der Waals surface area contributed by atoms with E-state index in [2.05, 4.69) is 26.3 Å². The molecule has 2 aromatic heterocycles. The van der Waals surface area contributed by atoms with Gasteiger partial charge in [0.15, 0.2) is 5.82 Å². The van der Waals surface area contributed by atoms with Crippen LogP contribution in [0, 0.1) is 23.0 Å². The molecule has 0 saturated carbocycles. The molecule has 2 aliphatic rings. The quantitative estimate of drug-likeness (QED) is 0.697. The molecule has 0 spiro atoms. The second kappa shape index (κ2) is 7.87. The summed E-state index contributed by atoms with van der Waals surface area (Å²) in [6, 6.07) is 7.48. The number of nitriles is 1. The molecule has 3 atom stereocenters. The van der Waals surface area contributed by atoms with Gasteiger partial charge in [0.05, 0.1) is 41.6 Å². The zero-order valence-electron chi connectivity index (χ0n) is 17.1. The molecule has 2 fully saturated rings. The average Bonchev–Trinajstić information content (AvgIpc) is 3.18. The van der Waals surface area contributed by atoms with Crippen molar-refractivity contribution >= 4 is 17.0 Å². The smallest absolute Gasteiger partial charge is 0.207 e. The van der Waals surface area contributed by atoms with Gasteiger partial charge in [-0.05, 0) is 25.5 Å². The van der Waals surface area contributed by atoms with Gasteiger partial charge in [-0.1, -0.05) is 0 Å². The van der Waals surface area contributed by atoms with Gasteiger partial charge in [-0.3, -0.25) is 4.98 Å². The Morgan fingerprint density at radius 2 is 2.19 bits per heavy atom. The van der Waals surface area contributed by atoms with E-state index >= 15 is 0 Å². The van der Waals surface area contributed by atoms with Gasteiger partial charge in [-0.25, -0.2) is 13.8 Å². The van der Waals surface area contributed by atoms with Crippen LogP contribution in [0.25, 0.3) is 11.0 Å². The molecule has 0 bridgehead atoms. The zero-order chi connectivity index (χ0) is 21.5. The highest BCUT2D eigenvalue weighted by molar-refractivity contribution is 5.80. The summed E-state index contributed by atoms with van der Waals surface area (Å²) in [5.41, 5.74) is 1.64. The Morgan fingerprint density at radius 3 is 2.97 bits per heavy atom. The van der Waals surface area contributed by atoms with Crippen molar-refractivity contribution in [2.24, 2.45) is 0 Å². The van der Waals surface area contributed by atoms with E-state index in [-0.39, 0.29) is 23.7 Å². The van der Waals surface area contributed by atoms with E-state index in [1.807, 2.05) is 11.5 Å². The molecule has 4 heterocycles. The summed E-state index contributed by atoms with van der Waals surface area (Å²) in [5, 5.41) is 12.5. The molecule has 31 heavy (non-hydrogen) atoms. The van der Waals surface area contributed by atoms with E-state index < -0.39 is 11.6 Å². The third-order valence-corrected chi connectivity index (χ3v) is 6.10. The van der Waals surface area contributed by atoms with Crippen molar-refractivity contribution in [1.29, 1.82) is 5.26 Å². The Balaban J connectivity index is 1.60. The maximum absolute atomic E-state index is 14.6. The molecule has 0 aliphatic carbocycles. The fourth-order valence-corrected chi connectivity index (χ4v) is 4.53. The number of ether oxygens (including phenoxy) is 1. The Hall–Kier alpha value is -3.09. The van der Waals surface area contributed by atoms with Gasteiger partial charge in [0, 0.05) is 38.0 Å². The molecule has 0 amide bonds. The minimum absolute atomic E-state index is 0.131. The van der Waals surface area contributed by atoms with E-state index in [4.69, 9.17) is 10.00 Å². The lowest BCUT2D eigenvalue weighted by Crippen LogP contribution is -2.58. The lowest BCUT2D eigenvalue weighted by molar-refractivity contribution is -0.0137. The van der Waals surface area contributed by atoms with Crippen LogP contribution < -0.4 is 10.2 Å². The first kappa shape index (κ1) is 19.8. The molecule has 2 saturated heterocycles. The fourth-order valence-electron chi connectivity index (χ4n) is 4.53. The number of nitrogens with zero attached hydrogens (tertiary/aromatic N) is 5. The van der Waals surface area contributed by atoms with Gasteiger partial charge in [0.2, 0.25) is 5.95 Å². The van der Waals surface area contributed by atoms with Gasteiger partial charge in [-0.2, -0.15) is 5.26 Å². The summed E-state index contributed by atoms with van der Waals surface area (Å²) in [4.78, 5) is 11.1. The van der Waals surface area contributed by atoms with Crippen molar-refractivity contribution in [3.8, 4) is 6.07 Å². The molecule has 7 nitrogen and oxygen atoms in total. The van der Waals surface area contributed by atoms with Gasteiger partial charge in [0.1, 0.15) is 17.4 Å². The molecule has 2 aliphatic heterocycles. The molecular formula is C22H22F2N6O. The number of morpholine rings is 1. The lowest BCUT2D eigenvalue weighted by atomic mass is 10.0. The second-order valence-electron chi connectivity index (χ2n) is 8.00. The van der Waals surface area contributed by atoms with Crippen LogP contribution in [-0.2, 0) is 4.74 Å². The monoisotopic (exact) mass is 424 g/mol. The van der Waals surface area contributed by atoms with Crippen LogP contribution in [0.1, 0.15) is 30.6 Å². The molecule has 160 valence electrons. The molecule has 9 heteroatoms. The summed E-state index contributed by atoms with van der Waals surface area (Å²) in [5.74, 6) is -0.772. The molecular weight excluding hydrogens is 402 g/mol. The number of hydrogen-bond donors (Lipinski definition) is 1. The Labute approximate surface area is 178 Å². The average molecular weight is 424 g/mol. The number of pyridine rings is 1. The minimum atomic E-state index is -0.691. The fraction of sp³-hybridized carbons (Fsp3) is 0.409. The number of piperidine rings is 1. The summed E-state index contributed by atoms with van der Waals surface area (Å²) in [6.45, 7) is 4.76. The van der Waals surface area contributed by atoms with Crippen LogP contribution >= 0.6 is 0 Å². The topological polar surface area (TPSA) is 79.0 Å². The predicted molar refractivity (Wildman–Crippen MR) is 111 cm³/mol.